The molecule has 0 aromatic heterocycles. The van der Waals surface area contributed by atoms with E-state index in [1.165, 1.54) is 0 Å². The molecular weight excluding hydrogens is 72.9 g/mol. The summed E-state index contributed by atoms with van der Waals surface area (Å²) >= 11 is 0. The third-order valence-corrected chi connectivity index (χ3v) is 0. The van der Waals surface area contributed by atoms with Gasteiger partial charge < -0.3 is 5.73 Å². The number of rotatable bonds is 0. The SMILES string of the molecule is CC(C)(C)N.[B]. The molecule has 2 N–H and O–H groups in total. The maximum atomic E-state index is 5.35. The molecule has 1 nitrogen and oxygen atoms in total. The van der Waals surface area contributed by atoms with Crippen LogP contribution in [0.15, 0.2) is 0 Å². The van der Waals surface area contributed by atoms with E-state index < -0.39 is 0 Å². The lowest BCUT2D eigenvalue weighted by Crippen LogP contribution is -2.26. The first-order chi connectivity index (χ1) is 2.00. The van der Waals surface area contributed by atoms with Gasteiger partial charge in [0, 0.05) is 14.0 Å². The second-order valence-corrected chi connectivity index (χ2v) is 2.37. The van der Waals surface area contributed by atoms with E-state index in [1.54, 1.807) is 0 Å². The lowest BCUT2D eigenvalue weighted by Gasteiger charge is -2.06. The van der Waals surface area contributed by atoms with Crippen molar-refractivity contribution in [2.45, 2.75) is 26.3 Å². The van der Waals surface area contributed by atoms with Crippen LogP contribution in [-0.4, -0.2) is 14.0 Å². The number of hydrogen-bond donors (Lipinski definition) is 1. The first-order valence-corrected chi connectivity index (χ1v) is 1.79. The first kappa shape index (κ1) is 9.39. The average Bonchev–Trinajstić information content (AvgIpc) is 0.722. The third kappa shape index (κ3) is 59200. The molecular formula is C4H11BN. The van der Waals surface area contributed by atoms with Crippen molar-refractivity contribution in [2.75, 3.05) is 0 Å². The Hall–Kier alpha value is 0.0249. The fourth-order valence-corrected chi connectivity index (χ4v) is 0. The van der Waals surface area contributed by atoms with Gasteiger partial charge in [-0.15, -0.1) is 0 Å². The topological polar surface area (TPSA) is 26.0 Å². The van der Waals surface area contributed by atoms with E-state index in [1.807, 2.05) is 20.8 Å². The molecule has 2 heteroatoms. The second kappa shape index (κ2) is 2.24. The molecule has 0 aliphatic heterocycles. The summed E-state index contributed by atoms with van der Waals surface area (Å²) in [6.45, 7) is 5.90. The molecule has 0 unspecified atom stereocenters. The Labute approximate surface area is 41.5 Å². The standard InChI is InChI=1S/C4H11N.B/c1-4(2,3)5;/h5H2,1-3H3;. The minimum atomic E-state index is 0. The number of nitrogens with two attached hydrogens (primary N) is 1. The zero-order valence-corrected chi connectivity index (χ0v) is 4.65. The van der Waals surface area contributed by atoms with Gasteiger partial charge in [-0.3, -0.25) is 0 Å². The summed E-state index contributed by atoms with van der Waals surface area (Å²) in [5.41, 5.74) is 5.35. The van der Waals surface area contributed by atoms with Crippen LogP contribution in [0.3, 0.4) is 0 Å². The van der Waals surface area contributed by atoms with E-state index in [0.29, 0.717) is 0 Å². The first-order valence-electron chi connectivity index (χ1n) is 1.79. The largest absolute Gasteiger partial charge is 0.326 e. The average molecular weight is 84.0 g/mol. The molecule has 0 heterocycles. The van der Waals surface area contributed by atoms with Crippen molar-refractivity contribution in [3.05, 3.63) is 0 Å². The van der Waals surface area contributed by atoms with Crippen LogP contribution in [0.4, 0.5) is 0 Å². The molecule has 0 aliphatic carbocycles. The van der Waals surface area contributed by atoms with Crippen molar-refractivity contribution in [3.63, 3.8) is 0 Å². The van der Waals surface area contributed by atoms with Crippen LogP contribution in [0.25, 0.3) is 0 Å². The van der Waals surface area contributed by atoms with E-state index in [-0.39, 0.29) is 14.0 Å². The summed E-state index contributed by atoms with van der Waals surface area (Å²) in [5.74, 6) is 0. The van der Waals surface area contributed by atoms with Gasteiger partial charge in [-0.2, -0.15) is 0 Å². The molecule has 0 aromatic rings. The van der Waals surface area contributed by atoms with E-state index in [4.69, 9.17) is 5.73 Å². The third-order valence-electron chi connectivity index (χ3n) is 0. The van der Waals surface area contributed by atoms with Crippen molar-refractivity contribution in [1.82, 2.24) is 0 Å². The predicted molar refractivity (Wildman–Crippen MR) is 29.7 cm³/mol. The molecule has 0 aliphatic rings. The fraction of sp³-hybridized carbons (Fsp3) is 1.00. The highest BCUT2D eigenvalue weighted by Gasteiger charge is 1.95. The highest BCUT2D eigenvalue weighted by Crippen LogP contribution is 1.88. The maximum Gasteiger partial charge on any atom is 0.00686 e. The van der Waals surface area contributed by atoms with Crippen LogP contribution in [0.2, 0.25) is 0 Å². The molecule has 6 heavy (non-hydrogen) atoms. The fourth-order valence-electron chi connectivity index (χ4n) is 0. The van der Waals surface area contributed by atoms with Crippen molar-refractivity contribution >= 4 is 8.41 Å². The molecule has 0 rings (SSSR count). The number of hydrogen-bond acceptors (Lipinski definition) is 1. The van der Waals surface area contributed by atoms with E-state index >= 15 is 0 Å². The van der Waals surface area contributed by atoms with Crippen LogP contribution in [0.5, 0.6) is 0 Å². The molecule has 0 amide bonds. The van der Waals surface area contributed by atoms with Gasteiger partial charge in [-0.05, 0) is 20.8 Å². The summed E-state index contributed by atoms with van der Waals surface area (Å²) in [4.78, 5) is 0. The van der Waals surface area contributed by atoms with Crippen LogP contribution in [0, 0.1) is 0 Å². The summed E-state index contributed by atoms with van der Waals surface area (Å²) < 4.78 is 0. The molecule has 0 atom stereocenters. The van der Waals surface area contributed by atoms with E-state index in [0.717, 1.165) is 0 Å². The quantitative estimate of drug-likeness (QED) is 0.421. The molecule has 0 bridgehead atoms. The molecule has 0 fully saturated rings. The van der Waals surface area contributed by atoms with Crippen molar-refractivity contribution in [1.29, 1.82) is 0 Å². The van der Waals surface area contributed by atoms with Gasteiger partial charge in [0.25, 0.3) is 0 Å². The Morgan fingerprint density at radius 2 is 1.17 bits per heavy atom. The normalized spacial score (nSPS) is 10.0. The minimum absolute atomic E-state index is 0. The Kier molecular flexibility index (Phi) is 3.51. The van der Waals surface area contributed by atoms with Gasteiger partial charge in [0.05, 0.1) is 0 Å². The van der Waals surface area contributed by atoms with Crippen LogP contribution < -0.4 is 5.73 Å². The Morgan fingerprint density at radius 3 is 1.17 bits per heavy atom. The molecule has 35 valence electrons. The van der Waals surface area contributed by atoms with Gasteiger partial charge in [-0.1, -0.05) is 0 Å². The second-order valence-electron chi connectivity index (χ2n) is 2.37. The van der Waals surface area contributed by atoms with Gasteiger partial charge in [-0.25, -0.2) is 0 Å². The lowest BCUT2D eigenvalue weighted by atomic mass is 10.1. The maximum absolute atomic E-state index is 5.35. The molecule has 3 radical (unpaired) electrons. The van der Waals surface area contributed by atoms with Gasteiger partial charge >= 0.3 is 0 Å². The Balaban J connectivity index is 0. The summed E-state index contributed by atoms with van der Waals surface area (Å²) in [7, 11) is 0. The lowest BCUT2D eigenvalue weighted by molar-refractivity contribution is 0.580. The molecule has 0 spiro atoms. The monoisotopic (exact) mass is 84.1 g/mol. The van der Waals surface area contributed by atoms with Crippen molar-refractivity contribution in [3.8, 4) is 0 Å². The van der Waals surface area contributed by atoms with Gasteiger partial charge in [0.1, 0.15) is 0 Å². The summed E-state index contributed by atoms with van der Waals surface area (Å²) in [6.07, 6.45) is 0. The van der Waals surface area contributed by atoms with Crippen molar-refractivity contribution < 1.29 is 0 Å². The smallest absolute Gasteiger partial charge is 0.00686 e. The highest BCUT2D eigenvalue weighted by atomic mass is 14.7. The Bertz CT molecular complexity index is 23.0. The van der Waals surface area contributed by atoms with Crippen LogP contribution in [0.1, 0.15) is 20.8 Å². The van der Waals surface area contributed by atoms with Crippen LogP contribution in [-0.2, 0) is 0 Å². The summed E-state index contributed by atoms with van der Waals surface area (Å²) in [6, 6.07) is 0. The predicted octanol–water partition coefficient (Wildman–Crippen LogP) is 0.363. The molecule has 0 saturated heterocycles. The van der Waals surface area contributed by atoms with Crippen LogP contribution >= 0.6 is 0 Å². The summed E-state index contributed by atoms with van der Waals surface area (Å²) in [5, 5.41) is 0. The molecule has 0 saturated carbocycles. The van der Waals surface area contributed by atoms with E-state index in [2.05, 4.69) is 0 Å². The van der Waals surface area contributed by atoms with E-state index in [9.17, 15) is 0 Å². The zero-order valence-electron chi connectivity index (χ0n) is 4.65. The highest BCUT2D eigenvalue weighted by molar-refractivity contribution is 5.75. The van der Waals surface area contributed by atoms with Crippen molar-refractivity contribution in [2.24, 2.45) is 5.73 Å². The van der Waals surface area contributed by atoms with Gasteiger partial charge in [0.2, 0.25) is 0 Å². The minimum Gasteiger partial charge on any atom is -0.326 e. The molecule has 0 aromatic carbocycles. The Morgan fingerprint density at radius 1 is 1.17 bits per heavy atom. The van der Waals surface area contributed by atoms with Gasteiger partial charge in [0.15, 0.2) is 0 Å². The zero-order chi connectivity index (χ0) is 4.50.